The van der Waals surface area contributed by atoms with Crippen LogP contribution in [0.1, 0.15) is 20.8 Å². The Labute approximate surface area is 81.6 Å². The lowest BCUT2D eigenvalue weighted by Crippen LogP contribution is -2.27. The summed E-state index contributed by atoms with van der Waals surface area (Å²) in [6.45, 7) is 5.14. The van der Waals surface area contributed by atoms with Crippen molar-refractivity contribution in [1.29, 1.82) is 0 Å². The Kier molecular flexibility index (Phi) is 2.78. The number of carbonyl (C=O) groups is 2. The molecule has 0 N–H and O–H groups in total. The molecule has 1 aliphatic rings. The lowest BCUT2D eigenvalue weighted by Gasteiger charge is -2.19. The van der Waals surface area contributed by atoms with E-state index in [0.29, 0.717) is 0 Å². The predicted molar refractivity (Wildman–Crippen MR) is 46.3 cm³/mol. The van der Waals surface area contributed by atoms with Gasteiger partial charge in [-0.2, -0.15) is 0 Å². The van der Waals surface area contributed by atoms with Gasteiger partial charge in [-0.15, -0.1) is 0 Å². The fourth-order valence-corrected chi connectivity index (χ4v) is 0.782. The summed E-state index contributed by atoms with van der Waals surface area (Å²) in [5.41, 5.74) is -0.622. The zero-order valence-electron chi connectivity index (χ0n) is 8.27. The third-order valence-electron chi connectivity index (χ3n) is 1.22. The van der Waals surface area contributed by atoms with Crippen LogP contribution in [0, 0.1) is 0 Å². The Morgan fingerprint density at radius 2 is 2.14 bits per heavy atom. The first kappa shape index (κ1) is 10.6. The first-order valence-electron chi connectivity index (χ1n) is 4.15. The minimum atomic E-state index is -0.961. The zero-order valence-corrected chi connectivity index (χ0v) is 8.27. The molecule has 0 saturated carbocycles. The Balaban J connectivity index is 2.35. The van der Waals surface area contributed by atoms with Crippen molar-refractivity contribution in [1.82, 2.24) is 0 Å². The molecule has 0 radical (unpaired) electrons. The minimum Gasteiger partial charge on any atom is -0.428 e. The molecule has 0 unspecified atom stereocenters. The van der Waals surface area contributed by atoms with E-state index in [2.05, 4.69) is 9.47 Å². The molecule has 5 nitrogen and oxygen atoms in total. The molecule has 0 aromatic heterocycles. The highest BCUT2D eigenvalue weighted by atomic mass is 16.8. The van der Waals surface area contributed by atoms with Crippen molar-refractivity contribution >= 4 is 12.1 Å². The van der Waals surface area contributed by atoms with Crippen LogP contribution in [0.2, 0.25) is 0 Å². The van der Waals surface area contributed by atoms with Gasteiger partial charge in [0.1, 0.15) is 5.60 Å². The summed E-state index contributed by atoms with van der Waals surface area (Å²) in [5.74, 6) is -0.529. The Bertz CT molecular complexity index is 273. The molecule has 14 heavy (non-hydrogen) atoms. The first-order chi connectivity index (χ1) is 6.37. The van der Waals surface area contributed by atoms with Gasteiger partial charge in [0.05, 0.1) is 0 Å². The number of cyclic esters (lactones) is 1. The van der Waals surface area contributed by atoms with E-state index in [9.17, 15) is 9.59 Å². The van der Waals surface area contributed by atoms with Crippen molar-refractivity contribution in [3.63, 3.8) is 0 Å². The van der Waals surface area contributed by atoms with E-state index < -0.39 is 24.0 Å². The van der Waals surface area contributed by atoms with Gasteiger partial charge in [0.15, 0.2) is 0 Å². The average Bonchev–Trinajstić information content (AvgIpc) is 2.30. The van der Waals surface area contributed by atoms with Crippen LogP contribution in [0.3, 0.4) is 0 Å². The molecular weight excluding hydrogens is 188 g/mol. The van der Waals surface area contributed by atoms with Crippen LogP contribution in [0.5, 0.6) is 0 Å². The highest BCUT2D eigenvalue weighted by molar-refractivity contribution is 5.84. The first-order valence-corrected chi connectivity index (χ1v) is 4.15. The van der Waals surface area contributed by atoms with E-state index in [-0.39, 0.29) is 0 Å². The van der Waals surface area contributed by atoms with Crippen molar-refractivity contribution in [2.24, 2.45) is 0 Å². The summed E-state index contributed by atoms with van der Waals surface area (Å²) in [7, 11) is 0. The Morgan fingerprint density at radius 1 is 1.50 bits per heavy atom. The zero-order chi connectivity index (χ0) is 10.8. The fraction of sp³-hybridized carbons (Fsp3) is 0.556. The summed E-state index contributed by atoms with van der Waals surface area (Å²) in [6, 6.07) is 0. The molecule has 0 fully saturated rings. The number of hydrogen-bond donors (Lipinski definition) is 0. The van der Waals surface area contributed by atoms with Gasteiger partial charge < -0.3 is 14.2 Å². The molecule has 0 amide bonds. The Morgan fingerprint density at radius 3 is 2.57 bits per heavy atom. The Hall–Kier alpha value is -1.52. The minimum absolute atomic E-state index is 0.529. The van der Waals surface area contributed by atoms with Gasteiger partial charge in [0.2, 0.25) is 0 Å². The van der Waals surface area contributed by atoms with E-state index in [0.717, 1.165) is 0 Å². The fourth-order valence-electron chi connectivity index (χ4n) is 0.782. The van der Waals surface area contributed by atoms with Crippen molar-refractivity contribution in [2.45, 2.75) is 32.7 Å². The SMILES string of the molecule is CC(C)(C)OC(=O)O[C@H]1C=CC(=O)O1. The van der Waals surface area contributed by atoms with Gasteiger partial charge in [-0.1, -0.05) is 0 Å². The molecule has 5 heteroatoms. The molecule has 1 atom stereocenters. The summed E-state index contributed by atoms with van der Waals surface area (Å²) in [4.78, 5) is 21.6. The molecule has 0 spiro atoms. The molecule has 0 aromatic rings. The quantitative estimate of drug-likeness (QED) is 0.598. The molecule has 0 bridgehead atoms. The second kappa shape index (κ2) is 3.69. The second-order valence-corrected chi connectivity index (χ2v) is 3.75. The van der Waals surface area contributed by atoms with E-state index in [1.807, 2.05) is 0 Å². The molecule has 1 heterocycles. The van der Waals surface area contributed by atoms with E-state index in [1.54, 1.807) is 20.8 Å². The number of ether oxygens (including phenoxy) is 3. The predicted octanol–water partition coefficient (Wildman–Crippen LogP) is 1.38. The van der Waals surface area contributed by atoms with Gasteiger partial charge in [0.25, 0.3) is 6.29 Å². The van der Waals surface area contributed by atoms with E-state index in [1.165, 1.54) is 12.2 Å². The molecule has 1 rings (SSSR count). The van der Waals surface area contributed by atoms with E-state index >= 15 is 0 Å². The smallest absolute Gasteiger partial charge is 0.428 e. The maximum atomic E-state index is 11.1. The number of hydrogen-bond acceptors (Lipinski definition) is 5. The molecule has 78 valence electrons. The molecule has 1 aliphatic heterocycles. The maximum absolute atomic E-state index is 11.1. The highest BCUT2D eigenvalue weighted by Gasteiger charge is 2.24. The van der Waals surface area contributed by atoms with Crippen LogP contribution in [0.4, 0.5) is 4.79 Å². The van der Waals surface area contributed by atoms with Crippen LogP contribution in [-0.2, 0) is 19.0 Å². The van der Waals surface area contributed by atoms with E-state index in [4.69, 9.17) is 4.74 Å². The topological polar surface area (TPSA) is 61.8 Å². The maximum Gasteiger partial charge on any atom is 0.512 e. The summed E-state index contributed by atoms with van der Waals surface area (Å²) in [5, 5.41) is 0. The van der Waals surface area contributed by atoms with Crippen LogP contribution in [0.25, 0.3) is 0 Å². The van der Waals surface area contributed by atoms with Crippen molar-refractivity contribution in [3.8, 4) is 0 Å². The van der Waals surface area contributed by atoms with Crippen LogP contribution >= 0.6 is 0 Å². The number of rotatable bonds is 1. The standard InChI is InChI=1S/C9H12O5/c1-9(2,3)14-8(11)13-7-5-4-6(10)12-7/h4-5,7H,1-3H3/t7-/m0/s1. The van der Waals surface area contributed by atoms with Crippen molar-refractivity contribution < 1.29 is 23.8 Å². The van der Waals surface area contributed by atoms with Gasteiger partial charge in [0, 0.05) is 12.2 Å². The third-order valence-corrected chi connectivity index (χ3v) is 1.22. The third kappa shape index (κ3) is 3.47. The monoisotopic (exact) mass is 200 g/mol. The van der Waals surface area contributed by atoms with Gasteiger partial charge >= 0.3 is 12.1 Å². The van der Waals surface area contributed by atoms with Crippen molar-refractivity contribution in [3.05, 3.63) is 12.2 Å². The molecule has 0 aliphatic carbocycles. The summed E-state index contributed by atoms with van der Waals surface area (Å²) < 4.78 is 14.1. The lowest BCUT2D eigenvalue weighted by atomic mass is 10.2. The lowest BCUT2D eigenvalue weighted by molar-refractivity contribution is -0.154. The number of carbonyl (C=O) groups excluding carboxylic acids is 2. The van der Waals surface area contributed by atoms with Crippen LogP contribution in [0.15, 0.2) is 12.2 Å². The van der Waals surface area contributed by atoms with Gasteiger partial charge in [-0.05, 0) is 20.8 Å². The largest absolute Gasteiger partial charge is 0.512 e. The summed E-state index contributed by atoms with van der Waals surface area (Å²) >= 11 is 0. The van der Waals surface area contributed by atoms with Crippen LogP contribution < -0.4 is 0 Å². The molecular formula is C9H12O5. The normalized spacial score (nSPS) is 20.5. The van der Waals surface area contributed by atoms with Gasteiger partial charge in [-0.25, -0.2) is 9.59 Å². The molecule has 0 saturated heterocycles. The summed E-state index contributed by atoms with van der Waals surface area (Å²) in [6.07, 6.45) is 0.709. The second-order valence-electron chi connectivity index (χ2n) is 3.75. The number of esters is 1. The van der Waals surface area contributed by atoms with Crippen molar-refractivity contribution in [2.75, 3.05) is 0 Å². The van der Waals surface area contributed by atoms with Gasteiger partial charge in [-0.3, -0.25) is 0 Å². The van der Waals surface area contributed by atoms with Crippen LogP contribution in [-0.4, -0.2) is 24.0 Å². The highest BCUT2D eigenvalue weighted by Crippen LogP contribution is 2.12. The molecule has 0 aromatic carbocycles. The average molecular weight is 200 g/mol.